The molecule has 0 aliphatic heterocycles. The molecular weight excluding hydrogens is 554 g/mol. The van der Waals surface area contributed by atoms with Crippen LogP contribution >= 0.6 is 0 Å². The van der Waals surface area contributed by atoms with E-state index < -0.39 is 22.9 Å². The van der Waals surface area contributed by atoms with E-state index in [9.17, 15) is 0 Å². The Labute approximate surface area is 163 Å². The van der Waals surface area contributed by atoms with Crippen LogP contribution in [0.4, 0.5) is 0 Å². The van der Waals surface area contributed by atoms with Gasteiger partial charge in [0.05, 0.1) is 0 Å². The summed E-state index contributed by atoms with van der Waals surface area (Å²) in [5.74, 6) is 0. The van der Waals surface area contributed by atoms with Crippen LogP contribution in [0.25, 0.3) is 0 Å². The van der Waals surface area contributed by atoms with Crippen molar-refractivity contribution in [2.75, 3.05) is 0 Å². The van der Waals surface area contributed by atoms with Crippen LogP contribution in [-0.4, -0.2) is 0 Å². The largest absolute Gasteiger partial charge is 1.00 e. The monoisotopic (exact) mass is 580 g/mol. The maximum atomic E-state index is 2.42. The van der Waals surface area contributed by atoms with Crippen molar-refractivity contribution in [2.24, 2.45) is 0 Å². The molecule has 2 aliphatic carbocycles. The zero-order chi connectivity index (χ0) is 13.5. The first-order chi connectivity index (χ1) is 9.35. The summed E-state index contributed by atoms with van der Waals surface area (Å²) in [5, 5.41) is 0. The third kappa shape index (κ3) is 6.83. The molecule has 0 radical (unpaired) electrons. The Bertz CT molecular complexity index is 390. The summed E-state index contributed by atoms with van der Waals surface area (Å²) in [4.78, 5) is 0. The minimum Gasteiger partial charge on any atom is -1.00 e. The van der Waals surface area contributed by atoms with Crippen LogP contribution in [0.15, 0.2) is 42.1 Å². The fraction of sp³-hybridized carbons (Fsp3) is 0.556. The zero-order valence-corrected chi connectivity index (χ0v) is 20.0. The van der Waals surface area contributed by atoms with Gasteiger partial charge in [-0.1, -0.05) is 0 Å². The molecule has 0 atom stereocenters. The summed E-state index contributed by atoms with van der Waals surface area (Å²) < 4.78 is 3.78. The molecule has 0 saturated carbocycles. The van der Waals surface area contributed by atoms with Crippen LogP contribution in [0.5, 0.6) is 0 Å². The van der Waals surface area contributed by atoms with Gasteiger partial charge in [0.15, 0.2) is 0 Å². The molecule has 0 aromatic carbocycles. The first-order valence-electron chi connectivity index (χ1n) is 7.89. The number of halogens is 2. The van der Waals surface area contributed by atoms with Crippen LogP contribution in [0.3, 0.4) is 0 Å². The van der Waals surface area contributed by atoms with Crippen molar-refractivity contribution in [2.45, 2.75) is 65.2 Å². The third-order valence-corrected chi connectivity index (χ3v) is 9.90. The fourth-order valence-corrected chi connectivity index (χ4v) is 8.29. The van der Waals surface area contributed by atoms with Gasteiger partial charge in [-0.3, -0.25) is 0 Å². The van der Waals surface area contributed by atoms with E-state index >= 15 is 0 Å². The number of hydrogen-bond acceptors (Lipinski definition) is 0. The molecule has 0 saturated heterocycles. The van der Waals surface area contributed by atoms with Crippen LogP contribution < -0.4 is 34.0 Å². The van der Waals surface area contributed by atoms with Gasteiger partial charge in [-0.15, -0.1) is 0 Å². The van der Waals surface area contributed by atoms with Gasteiger partial charge in [0.1, 0.15) is 0 Å². The second-order valence-electron chi connectivity index (χ2n) is 5.55. The van der Waals surface area contributed by atoms with E-state index in [0.717, 1.165) is 0 Å². The van der Waals surface area contributed by atoms with Gasteiger partial charge in [0, 0.05) is 0 Å². The minimum atomic E-state index is -0.707. The summed E-state index contributed by atoms with van der Waals surface area (Å²) in [6.45, 7) is 4.60. The average molecular weight is 581 g/mol. The molecule has 0 aromatic rings. The van der Waals surface area contributed by atoms with Crippen LogP contribution in [-0.2, 0) is 22.9 Å². The molecule has 0 bridgehead atoms. The van der Waals surface area contributed by atoms with E-state index in [1.165, 1.54) is 51.4 Å². The smallest absolute Gasteiger partial charge is 1.00 e. The summed E-state index contributed by atoms with van der Waals surface area (Å²) in [5.41, 5.74) is 3.44. The first kappa shape index (κ1) is 21.8. The Morgan fingerprint density at radius 3 is 1.62 bits per heavy atom. The van der Waals surface area contributed by atoms with E-state index in [2.05, 4.69) is 38.2 Å². The molecule has 21 heavy (non-hydrogen) atoms. The van der Waals surface area contributed by atoms with Crippen molar-refractivity contribution >= 4 is 0 Å². The molecule has 0 fully saturated rings. The molecular formula is C18H26Br2Hf. The Hall–Kier alpha value is 0.790. The SMILES string of the molecule is CCCCC1=[C]([Hf+2][C]2=C(CCCC)C=CC2)CC=C1.[Br-].[Br-]. The standard InChI is InChI=1S/2C9H13.2BrH.Hf/c2*1-2-3-6-9-7-4-5-8-9;;;/h2*4,7H,2-3,5-6H2,1H3;2*1H;/q;;;;+2/p-2. The molecule has 0 nitrogen and oxygen atoms in total. The van der Waals surface area contributed by atoms with Gasteiger partial charge in [-0.2, -0.15) is 0 Å². The van der Waals surface area contributed by atoms with Crippen LogP contribution in [0, 0.1) is 0 Å². The van der Waals surface area contributed by atoms with Crippen LogP contribution in [0.1, 0.15) is 65.2 Å². The fourth-order valence-electron chi connectivity index (χ4n) is 2.75. The van der Waals surface area contributed by atoms with E-state index in [1.54, 1.807) is 11.1 Å². The van der Waals surface area contributed by atoms with Crippen molar-refractivity contribution in [3.8, 4) is 0 Å². The minimum absolute atomic E-state index is 0. The van der Waals surface area contributed by atoms with E-state index in [0.29, 0.717) is 0 Å². The number of hydrogen-bond donors (Lipinski definition) is 0. The molecule has 3 heteroatoms. The van der Waals surface area contributed by atoms with E-state index in [4.69, 9.17) is 0 Å². The maximum Gasteiger partial charge on any atom is -1.00 e. The molecule has 0 unspecified atom stereocenters. The second kappa shape index (κ2) is 12.2. The molecule has 0 amide bonds. The van der Waals surface area contributed by atoms with Gasteiger partial charge in [0.2, 0.25) is 0 Å². The van der Waals surface area contributed by atoms with Gasteiger partial charge in [0.25, 0.3) is 0 Å². The Morgan fingerprint density at radius 1 is 0.810 bits per heavy atom. The molecule has 0 aromatic heterocycles. The predicted molar refractivity (Wildman–Crippen MR) is 80.6 cm³/mol. The second-order valence-corrected chi connectivity index (χ2v) is 10.8. The normalized spacial score (nSPS) is 16.1. The number of rotatable bonds is 8. The number of unbranched alkanes of at least 4 members (excludes halogenated alkanes) is 2. The topological polar surface area (TPSA) is 0 Å². The predicted octanol–water partition coefficient (Wildman–Crippen LogP) is -0.115. The van der Waals surface area contributed by atoms with Crippen molar-refractivity contribution in [3.63, 3.8) is 0 Å². The Kier molecular flexibility index (Phi) is 12.7. The average Bonchev–Trinajstić information content (AvgIpc) is 3.04. The summed E-state index contributed by atoms with van der Waals surface area (Å²) in [7, 11) is 0. The molecule has 0 N–H and O–H groups in total. The Morgan fingerprint density at radius 2 is 1.24 bits per heavy atom. The molecule has 0 spiro atoms. The van der Waals surface area contributed by atoms with Gasteiger partial charge in [-0.05, 0) is 0 Å². The zero-order valence-electron chi connectivity index (χ0n) is 13.2. The van der Waals surface area contributed by atoms with E-state index in [1.807, 2.05) is 6.66 Å². The summed E-state index contributed by atoms with van der Waals surface area (Å²) in [6.07, 6.45) is 20.3. The summed E-state index contributed by atoms with van der Waals surface area (Å²) >= 11 is -0.707. The quantitative estimate of drug-likeness (QED) is 0.352. The molecule has 116 valence electrons. The van der Waals surface area contributed by atoms with Gasteiger partial charge >= 0.3 is 130 Å². The van der Waals surface area contributed by atoms with Crippen molar-refractivity contribution in [1.82, 2.24) is 0 Å². The van der Waals surface area contributed by atoms with Crippen molar-refractivity contribution < 1.29 is 56.9 Å². The third-order valence-electron chi connectivity index (χ3n) is 3.96. The van der Waals surface area contributed by atoms with E-state index in [-0.39, 0.29) is 34.0 Å². The first-order valence-corrected chi connectivity index (χ1v) is 11.5. The maximum absolute atomic E-state index is 2.42. The van der Waals surface area contributed by atoms with Gasteiger partial charge < -0.3 is 34.0 Å². The van der Waals surface area contributed by atoms with Gasteiger partial charge in [-0.25, -0.2) is 0 Å². The molecule has 0 heterocycles. The van der Waals surface area contributed by atoms with Crippen LogP contribution in [0.2, 0.25) is 0 Å². The van der Waals surface area contributed by atoms with Crippen molar-refractivity contribution in [3.05, 3.63) is 42.1 Å². The number of allylic oxidation sites excluding steroid dienone is 8. The molecule has 2 aliphatic rings. The molecule has 2 rings (SSSR count). The Balaban J connectivity index is 0.00000200. The van der Waals surface area contributed by atoms with Crippen molar-refractivity contribution in [1.29, 1.82) is 0 Å². The summed E-state index contributed by atoms with van der Waals surface area (Å²) in [6, 6.07) is 0.